The summed E-state index contributed by atoms with van der Waals surface area (Å²) in [6.07, 6.45) is 0.988. The predicted molar refractivity (Wildman–Crippen MR) is 84.7 cm³/mol. The van der Waals surface area contributed by atoms with Crippen LogP contribution in [0, 0.1) is 6.92 Å². The lowest BCUT2D eigenvalue weighted by Gasteiger charge is -2.17. The lowest BCUT2D eigenvalue weighted by atomic mass is 10.3. The van der Waals surface area contributed by atoms with Gasteiger partial charge in [-0.25, -0.2) is 0 Å². The second-order valence-electron chi connectivity index (χ2n) is 4.78. The summed E-state index contributed by atoms with van der Waals surface area (Å²) in [6.45, 7) is 5.44. The van der Waals surface area contributed by atoms with Crippen LogP contribution in [-0.4, -0.2) is 33.5 Å². The van der Waals surface area contributed by atoms with E-state index in [2.05, 4.69) is 32.2 Å². The average Bonchev–Trinajstić information content (AvgIpc) is 2.44. The lowest BCUT2D eigenvalue weighted by Crippen LogP contribution is -2.21. The van der Waals surface area contributed by atoms with Crippen molar-refractivity contribution in [3.8, 4) is 0 Å². The van der Waals surface area contributed by atoms with Gasteiger partial charge in [-0.05, 0) is 37.1 Å². The molecule has 0 atom stereocenters. The highest BCUT2D eigenvalue weighted by atomic mass is 35.5. The van der Waals surface area contributed by atoms with Crippen LogP contribution >= 0.6 is 11.6 Å². The van der Waals surface area contributed by atoms with Gasteiger partial charge in [0.25, 0.3) is 0 Å². The first-order chi connectivity index (χ1) is 10.1. The van der Waals surface area contributed by atoms with Gasteiger partial charge in [0.1, 0.15) is 0 Å². The van der Waals surface area contributed by atoms with Crippen molar-refractivity contribution in [2.75, 3.05) is 23.8 Å². The molecule has 0 unspecified atom stereocenters. The Kier molecular flexibility index (Phi) is 5.27. The Bertz CT molecular complexity index is 604. The van der Waals surface area contributed by atoms with Gasteiger partial charge in [0, 0.05) is 19.3 Å². The molecule has 0 aliphatic heterocycles. The van der Waals surface area contributed by atoms with Crippen molar-refractivity contribution in [2.45, 2.75) is 26.8 Å². The zero-order valence-electron chi connectivity index (χ0n) is 12.5. The van der Waals surface area contributed by atoms with Gasteiger partial charge in [-0.3, -0.25) is 4.98 Å². The van der Waals surface area contributed by atoms with E-state index in [0.717, 1.165) is 24.4 Å². The molecule has 6 nitrogen and oxygen atoms in total. The standard InChI is InChI=1S/C14H19ClN6/c1-4-8-16-13-18-12(15)19-14(20-13)21(3)9-11-7-5-6-10(2)17-11/h5-7H,4,8-9H2,1-3H3,(H,16,18,19,20). The second kappa shape index (κ2) is 7.17. The van der Waals surface area contributed by atoms with Crippen molar-refractivity contribution in [3.63, 3.8) is 0 Å². The fourth-order valence-corrected chi connectivity index (χ4v) is 1.98. The van der Waals surface area contributed by atoms with Crippen LogP contribution in [0.25, 0.3) is 0 Å². The molecule has 112 valence electrons. The molecule has 0 saturated heterocycles. The van der Waals surface area contributed by atoms with E-state index in [-0.39, 0.29) is 5.28 Å². The topological polar surface area (TPSA) is 66.8 Å². The van der Waals surface area contributed by atoms with Crippen LogP contribution in [0.2, 0.25) is 5.28 Å². The summed E-state index contributed by atoms with van der Waals surface area (Å²) >= 11 is 5.96. The maximum atomic E-state index is 5.96. The summed E-state index contributed by atoms with van der Waals surface area (Å²) in [4.78, 5) is 19.0. The van der Waals surface area contributed by atoms with Gasteiger partial charge < -0.3 is 10.2 Å². The van der Waals surface area contributed by atoms with Crippen LogP contribution in [-0.2, 0) is 6.54 Å². The maximum Gasteiger partial charge on any atom is 0.231 e. The number of hydrogen-bond acceptors (Lipinski definition) is 6. The molecule has 2 aromatic rings. The molecule has 0 saturated carbocycles. The van der Waals surface area contributed by atoms with Gasteiger partial charge in [-0.1, -0.05) is 13.0 Å². The van der Waals surface area contributed by atoms with E-state index in [9.17, 15) is 0 Å². The Hall–Kier alpha value is -1.95. The SMILES string of the molecule is CCCNc1nc(Cl)nc(N(C)Cc2cccc(C)n2)n1. The molecule has 2 heterocycles. The predicted octanol–water partition coefficient (Wildman–Crippen LogP) is 2.69. The molecule has 0 bridgehead atoms. The number of hydrogen-bond donors (Lipinski definition) is 1. The second-order valence-corrected chi connectivity index (χ2v) is 5.12. The number of halogens is 1. The van der Waals surface area contributed by atoms with Crippen molar-refractivity contribution < 1.29 is 0 Å². The molecule has 0 aliphatic rings. The molecule has 0 aliphatic carbocycles. The Morgan fingerprint density at radius 2 is 2.00 bits per heavy atom. The van der Waals surface area contributed by atoms with E-state index < -0.39 is 0 Å². The number of aryl methyl sites for hydroxylation is 1. The fraction of sp³-hybridized carbons (Fsp3) is 0.429. The van der Waals surface area contributed by atoms with Crippen LogP contribution in [0.15, 0.2) is 18.2 Å². The highest BCUT2D eigenvalue weighted by Crippen LogP contribution is 2.14. The summed E-state index contributed by atoms with van der Waals surface area (Å²) in [5, 5.41) is 3.30. The van der Waals surface area contributed by atoms with Gasteiger partial charge in [0.2, 0.25) is 17.2 Å². The third-order valence-electron chi connectivity index (χ3n) is 2.82. The zero-order chi connectivity index (χ0) is 15.2. The molecule has 2 rings (SSSR count). The molecule has 7 heteroatoms. The highest BCUT2D eigenvalue weighted by Gasteiger charge is 2.10. The Labute approximate surface area is 129 Å². The molecule has 0 aromatic carbocycles. The van der Waals surface area contributed by atoms with E-state index in [4.69, 9.17) is 11.6 Å². The Morgan fingerprint density at radius 1 is 1.19 bits per heavy atom. The van der Waals surface area contributed by atoms with Crippen molar-refractivity contribution in [1.82, 2.24) is 19.9 Å². The van der Waals surface area contributed by atoms with Crippen LogP contribution < -0.4 is 10.2 Å². The molecule has 0 spiro atoms. The third-order valence-corrected chi connectivity index (χ3v) is 2.99. The molecule has 0 fully saturated rings. The molecular weight excluding hydrogens is 288 g/mol. The molecule has 2 aromatic heterocycles. The summed E-state index contributed by atoms with van der Waals surface area (Å²) in [6, 6.07) is 5.93. The van der Waals surface area contributed by atoms with Crippen molar-refractivity contribution in [1.29, 1.82) is 0 Å². The molecule has 0 amide bonds. The van der Waals surface area contributed by atoms with E-state index in [0.29, 0.717) is 18.4 Å². The monoisotopic (exact) mass is 306 g/mol. The number of aromatic nitrogens is 4. The van der Waals surface area contributed by atoms with Gasteiger partial charge >= 0.3 is 0 Å². The van der Waals surface area contributed by atoms with Crippen LogP contribution in [0.1, 0.15) is 24.7 Å². The third kappa shape index (κ3) is 4.53. The first kappa shape index (κ1) is 15.4. The first-order valence-corrected chi connectivity index (χ1v) is 7.25. The summed E-state index contributed by atoms with van der Waals surface area (Å²) in [5.41, 5.74) is 1.94. The summed E-state index contributed by atoms with van der Waals surface area (Å²) in [5.74, 6) is 1.02. The van der Waals surface area contributed by atoms with Gasteiger partial charge in [-0.2, -0.15) is 15.0 Å². The fourth-order valence-electron chi connectivity index (χ4n) is 1.83. The first-order valence-electron chi connectivity index (χ1n) is 6.87. The van der Waals surface area contributed by atoms with Crippen LogP contribution in [0.5, 0.6) is 0 Å². The number of pyridine rings is 1. The van der Waals surface area contributed by atoms with E-state index in [1.54, 1.807) is 0 Å². The summed E-state index contributed by atoms with van der Waals surface area (Å²) in [7, 11) is 1.90. The number of nitrogens with zero attached hydrogens (tertiary/aromatic N) is 5. The molecule has 0 radical (unpaired) electrons. The minimum absolute atomic E-state index is 0.183. The Morgan fingerprint density at radius 3 is 2.71 bits per heavy atom. The Balaban J connectivity index is 2.14. The largest absolute Gasteiger partial charge is 0.354 e. The van der Waals surface area contributed by atoms with Crippen molar-refractivity contribution >= 4 is 23.5 Å². The van der Waals surface area contributed by atoms with Gasteiger partial charge in [0.15, 0.2) is 0 Å². The minimum atomic E-state index is 0.183. The maximum absolute atomic E-state index is 5.96. The highest BCUT2D eigenvalue weighted by molar-refractivity contribution is 6.28. The number of anilines is 2. The van der Waals surface area contributed by atoms with Gasteiger partial charge in [0.05, 0.1) is 12.2 Å². The summed E-state index contributed by atoms with van der Waals surface area (Å²) < 4.78 is 0. The molecule has 21 heavy (non-hydrogen) atoms. The van der Waals surface area contributed by atoms with E-state index in [1.165, 1.54) is 0 Å². The van der Waals surface area contributed by atoms with Crippen LogP contribution in [0.4, 0.5) is 11.9 Å². The minimum Gasteiger partial charge on any atom is -0.354 e. The zero-order valence-corrected chi connectivity index (χ0v) is 13.2. The number of rotatable bonds is 6. The van der Waals surface area contributed by atoms with Crippen molar-refractivity contribution in [3.05, 3.63) is 34.9 Å². The normalized spacial score (nSPS) is 10.5. The van der Waals surface area contributed by atoms with Crippen molar-refractivity contribution in [2.24, 2.45) is 0 Å². The smallest absolute Gasteiger partial charge is 0.231 e. The van der Waals surface area contributed by atoms with Gasteiger partial charge in [-0.15, -0.1) is 0 Å². The van der Waals surface area contributed by atoms with Crippen LogP contribution in [0.3, 0.4) is 0 Å². The average molecular weight is 307 g/mol. The van der Waals surface area contributed by atoms with E-state index >= 15 is 0 Å². The van der Waals surface area contributed by atoms with E-state index in [1.807, 2.05) is 37.1 Å². The number of nitrogens with one attached hydrogen (secondary N) is 1. The lowest BCUT2D eigenvalue weighted by molar-refractivity contribution is 0.824. The quantitative estimate of drug-likeness (QED) is 0.885. The molecule has 1 N–H and O–H groups in total. The molecular formula is C14H19ClN6.